The van der Waals surface area contributed by atoms with Gasteiger partial charge in [-0.2, -0.15) is 0 Å². The Morgan fingerprint density at radius 3 is 2.53 bits per heavy atom. The van der Waals surface area contributed by atoms with Crippen LogP contribution in [0.5, 0.6) is 0 Å². The van der Waals surface area contributed by atoms with Gasteiger partial charge in [0.25, 0.3) is 0 Å². The summed E-state index contributed by atoms with van der Waals surface area (Å²) in [6.07, 6.45) is 7.20. The van der Waals surface area contributed by atoms with Crippen molar-refractivity contribution in [3.8, 4) is 0 Å². The zero-order valence-corrected chi connectivity index (χ0v) is 10.3. The van der Waals surface area contributed by atoms with Crippen molar-refractivity contribution in [3.05, 3.63) is 11.1 Å². The van der Waals surface area contributed by atoms with Gasteiger partial charge in [0.15, 0.2) is 0 Å². The van der Waals surface area contributed by atoms with Crippen LogP contribution in [0.4, 0.5) is 0 Å². The minimum Gasteiger partial charge on any atom is -0.303 e. The molecule has 3 aliphatic rings. The van der Waals surface area contributed by atoms with E-state index < -0.39 is 0 Å². The molecule has 0 aromatic heterocycles. The summed E-state index contributed by atoms with van der Waals surface area (Å²) in [5, 5.41) is 0. The third kappa shape index (κ3) is 1.13. The first-order chi connectivity index (χ1) is 7.15. The molecule has 3 rings (SSSR count). The lowest BCUT2D eigenvalue weighted by Gasteiger charge is -2.57. The molecule has 1 heterocycles. The number of fused-ring (bicyclic) bond motifs is 2. The smallest absolute Gasteiger partial charge is 0.0129 e. The van der Waals surface area contributed by atoms with E-state index in [1.807, 2.05) is 0 Å². The van der Waals surface area contributed by atoms with Crippen LogP contribution in [0.25, 0.3) is 0 Å². The first-order valence-corrected chi connectivity index (χ1v) is 6.52. The summed E-state index contributed by atoms with van der Waals surface area (Å²) >= 11 is 0. The van der Waals surface area contributed by atoms with Gasteiger partial charge in [-0.25, -0.2) is 0 Å². The van der Waals surface area contributed by atoms with Gasteiger partial charge in [0.05, 0.1) is 0 Å². The summed E-state index contributed by atoms with van der Waals surface area (Å²) in [4.78, 5) is 2.61. The molecule has 1 nitrogen and oxygen atoms in total. The number of allylic oxidation sites excluding steroid dienone is 2. The number of hydrogen-bond acceptors (Lipinski definition) is 1. The molecule has 15 heavy (non-hydrogen) atoms. The number of hydrogen-bond donors (Lipinski definition) is 0. The Morgan fingerprint density at radius 1 is 1.20 bits per heavy atom. The van der Waals surface area contributed by atoms with Gasteiger partial charge in [0.2, 0.25) is 0 Å². The van der Waals surface area contributed by atoms with Crippen molar-refractivity contribution < 1.29 is 0 Å². The van der Waals surface area contributed by atoms with Crippen molar-refractivity contribution in [1.82, 2.24) is 4.90 Å². The molecule has 0 amide bonds. The summed E-state index contributed by atoms with van der Waals surface area (Å²) in [6, 6.07) is 0.916. The molecule has 0 bridgehead atoms. The lowest BCUT2D eigenvalue weighted by molar-refractivity contribution is -0.0480. The molecule has 1 spiro atoms. The fraction of sp³-hybridized carbons (Fsp3) is 0.857. The minimum atomic E-state index is 0.638. The lowest BCUT2D eigenvalue weighted by Crippen LogP contribution is -2.57. The van der Waals surface area contributed by atoms with E-state index in [2.05, 4.69) is 25.8 Å². The average molecular weight is 205 g/mol. The maximum Gasteiger partial charge on any atom is 0.0129 e. The highest BCUT2D eigenvalue weighted by molar-refractivity contribution is 5.29. The van der Waals surface area contributed by atoms with Gasteiger partial charge >= 0.3 is 0 Å². The molecule has 1 saturated carbocycles. The molecule has 2 fully saturated rings. The molecule has 1 aliphatic heterocycles. The van der Waals surface area contributed by atoms with E-state index >= 15 is 0 Å². The molecule has 0 N–H and O–H groups in total. The number of nitrogens with zero attached hydrogens (tertiary/aromatic N) is 1. The molecule has 0 radical (unpaired) electrons. The second-order valence-corrected chi connectivity index (χ2v) is 6.04. The van der Waals surface area contributed by atoms with Crippen molar-refractivity contribution in [3.63, 3.8) is 0 Å². The quantitative estimate of drug-likeness (QED) is 0.549. The first-order valence-electron chi connectivity index (χ1n) is 6.52. The molecule has 3 atom stereocenters. The highest BCUT2D eigenvalue weighted by atomic mass is 15.2. The predicted octanol–water partition coefficient (Wildman–Crippen LogP) is 3.22. The Kier molecular flexibility index (Phi) is 2.04. The van der Waals surface area contributed by atoms with Gasteiger partial charge in [-0.05, 0) is 70.9 Å². The summed E-state index contributed by atoms with van der Waals surface area (Å²) in [5.74, 6) is 0.994. The largest absolute Gasteiger partial charge is 0.303 e. The van der Waals surface area contributed by atoms with Gasteiger partial charge in [-0.3, -0.25) is 0 Å². The Bertz CT molecular complexity index is 317. The summed E-state index contributed by atoms with van der Waals surface area (Å²) in [6.45, 7) is 6.10. The van der Waals surface area contributed by atoms with Crippen LogP contribution in [0, 0.1) is 11.3 Å². The van der Waals surface area contributed by atoms with Crippen LogP contribution in [-0.2, 0) is 0 Å². The van der Waals surface area contributed by atoms with Crippen LogP contribution in [-0.4, -0.2) is 24.5 Å². The topological polar surface area (TPSA) is 3.24 Å². The van der Waals surface area contributed by atoms with Crippen molar-refractivity contribution in [2.75, 3.05) is 13.6 Å². The molecule has 1 saturated heterocycles. The van der Waals surface area contributed by atoms with E-state index in [4.69, 9.17) is 0 Å². The standard InChI is InChI=1S/C14H23N/c1-10-6-7-14(11(10)2)8-9-15(3)13-5-4-12(13)14/h12-13H,4-9H2,1-3H3/t12-,13+,14+/m1/s1. The van der Waals surface area contributed by atoms with Gasteiger partial charge in [-0.1, -0.05) is 11.1 Å². The van der Waals surface area contributed by atoms with E-state index in [-0.39, 0.29) is 0 Å². The van der Waals surface area contributed by atoms with Crippen molar-refractivity contribution in [1.29, 1.82) is 0 Å². The zero-order chi connectivity index (χ0) is 10.6. The van der Waals surface area contributed by atoms with Crippen LogP contribution in [0.3, 0.4) is 0 Å². The highest BCUT2D eigenvalue weighted by Gasteiger charge is 2.54. The molecule has 0 unspecified atom stereocenters. The van der Waals surface area contributed by atoms with E-state index in [0.29, 0.717) is 5.41 Å². The number of piperidine rings is 1. The molecule has 84 valence electrons. The predicted molar refractivity (Wildman–Crippen MR) is 63.8 cm³/mol. The van der Waals surface area contributed by atoms with Crippen LogP contribution >= 0.6 is 0 Å². The Balaban J connectivity index is 1.94. The third-order valence-electron chi connectivity index (χ3n) is 5.76. The maximum atomic E-state index is 2.61. The average Bonchev–Trinajstić information content (AvgIpc) is 2.41. The Morgan fingerprint density at radius 2 is 2.00 bits per heavy atom. The Hall–Kier alpha value is -0.300. The van der Waals surface area contributed by atoms with Crippen molar-refractivity contribution in [2.24, 2.45) is 11.3 Å². The molecule has 0 aromatic carbocycles. The van der Waals surface area contributed by atoms with Crippen molar-refractivity contribution >= 4 is 0 Å². The zero-order valence-electron chi connectivity index (χ0n) is 10.3. The van der Waals surface area contributed by atoms with E-state index in [9.17, 15) is 0 Å². The molecule has 1 heteroatoms. The van der Waals surface area contributed by atoms with E-state index in [1.54, 1.807) is 11.1 Å². The second kappa shape index (κ2) is 3.10. The number of rotatable bonds is 0. The minimum absolute atomic E-state index is 0.638. The molecule has 0 aromatic rings. The van der Waals surface area contributed by atoms with Gasteiger partial charge in [-0.15, -0.1) is 0 Å². The van der Waals surface area contributed by atoms with Gasteiger partial charge in [0, 0.05) is 6.04 Å². The monoisotopic (exact) mass is 205 g/mol. The van der Waals surface area contributed by atoms with Crippen LogP contribution in [0.15, 0.2) is 11.1 Å². The normalized spacial score (nSPS) is 45.8. The van der Waals surface area contributed by atoms with Crippen LogP contribution < -0.4 is 0 Å². The summed E-state index contributed by atoms with van der Waals surface area (Å²) in [5.41, 5.74) is 4.11. The highest BCUT2D eigenvalue weighted by Crippen LogP contribution is 2.59. The second-order valence-electron chi connectivity index (χ2n) is 6.04. The molecule has 2 aliphatic carbocycles. The fourth-order valence-electron chi connectivity index (χ4n) is 4.37. The maximum absolute atomic E-state index is 2.61. The van der Waals surface area contributed by atoms with Crippen molar-refractivity contribution in [2.45, 2.75) is 52.0 Å². The first kappa shape index (κ1) is 9.89. The van der Waals surface area contributed by atoms with Gasteiger partial charge in [0.1, 0.15) is 0 Å². The lowest BCUT2D eigenvalue weighted by atomic mass is 9.55. The molecular formula is C14H23N. The SMILES string of the molecule is CC1=C(C)[C@]2(CC1)CCN(C)[C@H]1CC[C@H]12. The number of likely N-dealkylation sites (tertiary alicyclic amines) is 1. The van der Waals surface area contributed by atoms with Crippen LogP contribution in [0.2, 0.25) is 0 Å². The Labute approximate surface area is 93.5 Å². The van der Waals surface area contributed by atoms with Crippen LogP contribution in [0.1, 0.15) is 46.0 Å². The van der Waals surface area contributed by atoms with E-state index in [0.717, 1.165) is 12.0 Å². The summed E-state index contributed by atoms with van der Waals surface area (Å²) in [7, 11) is 2.32. The molecular weight excluding hydrogens is 182 g/mol. The van der Waals surface area contributed by atoms with E-state index in [1.165, 1.54) is 38.6 Å². The fourth-order valence-corrected chi connectivity index (χ4v) is 4.37. The third-order valence-corrected chi connectivity index (χ3v) is 5.76. The summed E-state index contributed by atoms with van der Waals surface area (Å²) < 4.78 is 0. The van der Waals surface area contributed by atoms with Gasteiger partial charge < -0.3 is 4.90 Å².